The summed E-state index contributed by atoms with van der Waals surface area (Å²) in [7, 11) is 0. The van der Waals surface area contributed by atoms with E-state index in [2.05, 4.69) is 6.07 Å². The quantitative estimate of drug-likeness (QED) is 0.708. The predicted octanol–water partition coefficient (Wildman–Crippen LogP) is 4.57. The van der Waals surface area contributed by atoms with Gasteiger partial charge < -0.3 is 14.4 Å². The second-order valence-electron chi connectivity index (χ2n) is 8.47. The molecule has 2 aliphatic rings. The van der Waals surface area contributed by atoms with Crippen molar-refractivity contribution < 1.29 is 18.7 Å². The number of piperidine rings is 1. The van der Waals surface area contributed by atoms with E-state index in [9.17, 15) is 9.18 Å². The minimum Gasteiger partial charge on any atom is -0.494 e. The zero-order valence-corrected chi connectivity index (χ0v) is 17.6. The number of rotatable bonds is 5. The van der Waals surface area contributed by atoms with Gasteiger partial charge in [0.25, 0.3) is 5.91 Å². The average molecular weight is 423 g/mol. The molecule has 2 saturated heterocycles. The second-order valence-corrected chi connectivity index (χ2v) is 8.47. The Kier molecular flexibility index (Phi) is 6.53. The van der Waals surface area contributed by atoms with Crippen molar-refractivity contribution in [2.24, 2.45) is 5.92 Å². The van der Waals surface area contributed by atoms with Crippen LogP contribution in [-0.2, 0) is 4.74 Å². The Morgan fingerprint density at radius 1 is 1.23 bits per heavy atom. The number of halogens is 1. The van der Waals surface area contributed by atoms with Crippen LogP contribution in [0.5, 0.6) is 5.75 Å². The van der Waals surface area contributed by atoms with Crippen molar-refractivity contribution in [2.45, 2.75) is 37.7 Å². The maximum atomic E-state index is 13.0. The average Bonchev–Trinajstić information content (AvgIpc) is 2.81. The van der Waals surface area contributed by atoms with Crippen molar-refractivity contribution in [1.82, 2.24) is 4.90 Å². The Bertz CT molecular complexity index is 946. The predicted molar refractivity (Wildman–Crippen MR) is 114 cm³/mol. The van der Waals surface area contributed by atoms with Crippen molar-refractivity contribution in [2.75, 3.05) is 26.3 Å². The van der Waals surface area contributed by atoms with E-state index in [0.717, 1.165) is 38.7 Å². The van der Waals surface area contributed by atoms with Crippen molar-refractivity contribution in [1.29, 1.82) is 5.26 Å². The van der Waals surface area contributed by atoms with Crippen molar-refractivity contribution in [3.05, 3.63) is 65.5 Å². The summed E-state index contributed by atoms with van der Waals surface area (Å²) in [6, 6.07) is 15.1. The van der Waals surface area contributed by atoms with Crippen LogP contribution in [0, 0.1) is 23.1 Å². The van der Waals surface area contributed by atoms with E-state index in [0.29, 0.717) is 42.5 Å². The molecule has 0 radical (unpaired) electrons. The molecule has 2 aromatic rings. The molecule has 1 atom stereocenters. The van der Waals surface area contributed by atoms with Gasteiger partial charge in [-0.15, -0.1) is 0 Å². The normalized spacial score (nSPS) is 20.3. The Morgan fingerprint density at radius 2 is 2.00 bits per heavy atom. The monoisotopic (exact) mass is 422 g/mol. The van der Waals surface area contributed by atoms with E-state index in [1.807, 2.05) is 4.90 Å². The summed E-state index contributed by atoms with van der Waals surface area (Å²) in [5.74, 6) is 0.924. The number of nitriles is 1. The first kappa shape index (κ1) is 21.3. The lowest BCUT2D eigenvalue weighted by Gasteiger charge is -2.46. The molecule has 2 aromatic carbocycles. The van der Waals surface area contributed by atoms with Gasteiger partial charge in [0.2, 0.25) is 0 Å². The molecule has 5 nitrogen and oxygen atoms in total. The van der Waals surface area contributed by atoms with Gasteiger partial charge in [0.1, 0.15) is 11.6 Å². The molecule has 2 fully saturated rings. The lowest BCUT2D eigenvalue weighted by molar-refractivity contribution is -0.125. The fourth-order valence-corrected chi connectivity index (χ4v) is 4.62. The van der Waals surface area contributed by atoms with Crippen LogP contribution in [0.4, 0.5) is 4.39 Å². The van der Waals surface area contributed by atoms with Crippen molar-refractivity contribution >= 4 is 5.91 Å². The first-order valence-corrected chi connectivity index (χ1v) is 10.9. The maximum absolute atomic E-state index is 13.0. The van der Waals surface area contributed by atoms with Crippen LogP contribution < -0.4 is 4.74 Å². The second kappa shape index (κ2) is 9.49. The number of carbonyl (C=O) groups excluding carboxylic acids is 1. The van der Waals surface area contributed by atoms with Crippen LogP contribution in [0.1, 0.15) is 48.0 Å². The number of nitrogens with zero attached hydrogens (tertiary/aromatic N) is 2. The van der Waals surface area contributed by atoms with Gasteiger partial charge >= 0.3 is 0 Å². The zero-order chi connectivity index (χ0) is 21.7. The first-order chi connectivity index (χ1) is 15.1. The summed E-state index contributed by atoms with van der Waals surface area (Å²) in [6.45, 7) is 2.66. The van der Waals surface area contributed by atoms with Crippen LogP contribution in [-0.4, -0.2) is 42.7 Å². The topological polar surface area (TPSA) is 62.6 Å². The van der Waals surface area contributed by atoms with Crippen LogP contribution in [0.25, 0.3) is 0 Å². The molecule has 162 valence electrons. The Hall–Kier alpha value is -2.91. The molecule has 2 heterocycles. The van der Waals surface area contributed by atoms with Gasteiger partial charge in [0.15, 0.2) is 0 Å². The number of carbonyl (C=O) groups is 1. The highest BCUT2D eigenvalue weighted by molar-refractivity contribution is 5.94. The molecule has 1 unspecified atom stereocenters. The van der Waals surface area contributed by atoms with Gasteiger partial charge in [-0.1, -0.05) is 6.07 Å². The van der Waals surface area contributed by atoms with Gasteiger partial charge in [0, 0.05) is 25.3 Å². The van der Waals surface area contributed by atoms with Crippen LogP contribution in [0.2, 0.25) is 0 Å². The summed E-state index contributed by atoms with van der Waals surface area (Å²) >= 11 is 0. The smallest absolute Gasteiger partial charge is 0.253 e. The summed E-state index contributed by atoms with van der Waals surface area (Å²) in [6.07, 6.45) is 4.58. The molecule has 0 saturated carbocycles. The minimum absolute atomic E-state index is 0.0213. The van der Waals surface area contributed by atoms with Crippen LogP contribution in [0.3, 0.4) is 0 Å². The largest absolute Gasteiger partial charge is 0.494 e. The highest BCUT2D eigenvalue weighted by atomic mass is 19.1. The van der Waals surface area contributed by atoms with Gasteiger partial charge in [-0.05, 0) is 80.5 Å². The standard InChI is InChI=1S/C25H27FN2O3/c26-22-4-6-23(7-5-22)30-14-8-19-9-15-31-25(17-19)10-12-28(13-11-25)24(29)21-3-1-2-20(16-21)18-27/h1-7,16,19H,8-15,17H2. The van der Waals surface area contributed by atoms with Gasteiger partial charge in [-0.3, -0.25) is 4.79 Å². The lowest BCUT2D eigenvalue weighted by Crippen LogP contribution is -2.50. The molecule has 0 aliphatic carbocycles. The van der Waals surface area contributed by atoms with Crippen molar-refractivity contribution in [3.8, 4) is 11.8 Å². The molecule has 1 amide bonds. The van der Waals surface area contributed by atoms with Crippen LogP contribution in [0.15, 0.2) is 48.5 Å². The van der Waals surface area contributed by atoms with Gasteiger partial charge in [0.05, 0.1) is 23.8 Å². The molecule has 0 aromatic heterocycles. The Balaban J connectivity index is 1.28. The molecule has 1 spiro atoms. The Labute approximate surface area is 182 Å². The molecule has 4 rings (SSSR count). The summed E-state index contributed by atoms with van der Waals surface area (Å²) < 4.78 is 25.0. The number of ether oxygens (including phenoxy) is 2. The summed E-state index contributed by atoms with van der Waals surface area (Å²) in [5.41, 5.74) is 0.903. The maximum Gasteiger partial charge on any atom is 0.253 e. The van der Waals surface area contributed by atoms with Crippen LogP contribution >= 0.6 is 0 Å². The molecule has 0 bridgehead atoms. The minimum atomic E-state index is -0.263. The van der Waals surface area contributed by atoms with Gasteiger partial charge in [-0.25, -0.2) is 4.39 Å². The van der Waals surface area contributed by atoms with E-state index in [1.165, 1.54) is 12.1 Å². The van der Waals surface area contributed by atoms with E-state index >= 15 is 0 Å². The van der Waals surface area contributed by atoms with E-state index in [4.69, 9.17) is 14.7 Å². The number of benzene rings is 2. The number of amides is 1. The SMILES string of the molecule is N#Cc1cccc(C(=O)N2CCC3(CC2)CC(CCOc2ccc(F)cc2)CCO3)c1. The third-order valence-corrected chi connectivity index (χ3v) is 6.40. The molecule has 31 heavy (non-hydrogen) atoms. The van der Waals surface area contributed by atoms with Crippen molar-refractivity contribution in [3.63, 3.8) is 0 Å². The zero-order valence-electron chi connectivity index (χ0n) is 17.6. The fourth-order valence-electron chi connectivity index (χ4n) is 4.62. The fraction of sp³-hybridized carbons (Fsp3) is 0.440. The van der Waals surface area contributed by atoms with Gasteiger partial charge in [-0.2, -0.15) is 5.26 Å². The summed E-state index contributed by atoms with van der Waals surface area (Å²) in [4.78, 5) is 14.7. The number of hydrogen-bond acceptors (Lipinski definition) is 4. The third-order valence-electron chi connectivity index (χ3n) is 6.40. The molecule has 6 heteroatoms. The molecular weight excluding hydrogens is 395 g/mol. The molecular formula is C25H27FN2O3. The number of likely N-dealkylation sites (tertiary alicyclic amines) is 1. The first-order valence-electron chi connectivity index (χ1n) is 10.9. The molecule has 0 N–H and O–H groups in total. The lowest BCUT2D eigenvalue weighted by atomic mass is 9.78. The highest BCUT2D eigenvalue weighted by Gasteiger charge is 2.41. The third kappa shape index (κ3) is 5.23. The summed E-state index contributed by atoms with van der Waals surface area (Å²) in [5, 5.41) is 9.07. The highest BCUT2D eigenvalue weighted by Crippen LogP contribution is 2.39. The Morgan fingerprint density at radius 3 is 2.74 bits per heavy atom. The van der Waals surface area contributed by atoms with E-state index in [1.54, 1.807) is 36.4 Å². The molecule has 2 aliphatic heterocycles. The number of hydrogen-bond donors (Lipinski definition) is 0. The van der Waals surface area contributed by atoms with E-state index in [-0.39, 0.29) is 17.3 Å². The van der Waals surface area contributed by atoms with E-state index < -0.39 is 0 Å².